The van der Waals surface area contributed by atoms with Crippen LogP contribution in [0.3, 0.4) is 0 Å². The quantitative estimate of drug-likeness (QED) is 0.767. The van der Waals surface area contributed by atoms with Crippen molar-refractivity contribution in [3.05, 3.63) is 46.0 Å². The Morgan fingerprint density at radius 2 is 2.07 bits per heavy atom. The summed E-state index contributed by atoms with van der Waals surface area (Å²) in [6.45, 7) is 6.23. The average Bonchev–Trinajstić information content (AvgIpc) is 2.14. The zero-order valence-corrected chi connectivity index (χ0v) is 10.5. The summed E-state index contributed by atoms with van der Waals surface area (Å²) in [4.78, 5) is 0. The summed E-state index contributed by atoms with van der Waals surface area (Å²) in [5.41, 5.74) is 3.60. The molecule has 1 rings (SSSR count). The van der Waals surface area contributed by atoms with Gasteiger partial charge in [0.1, 0.15) is 0 Å². The van der Waals surface area contributed by atoms with Gasteiger partial charge in [-0.1, -0.05) is 35.4 Å². The van der Waals surface area contributed by atoms with E-state index in [2.05, 4.69) is 37.4 Å². The molecular weight excluding hydrogens is 206 g/mol. The molecule has 0 saturated carbocycles. The lowest BCUT2D eigenvalue weighted by Gasteiger charge is -2.15. The van der Waals surface area contributed by atoms with Gasteiger partial charge in [-0.2, -0.15) is 0 Å². The highest BCUT2D eigenvalue weighted by Crippen LogP contribution is 2.25. The minimum Gasteiger partial charge on any atom is -0.310 e. The highest BCUT2D eigenvalue weighted by molar-refractivity contribution is 6.31. The zero-order chi connectivity index (χ0) is 11.4. The predicted octanol–water partition coefficient (Wildman–Crippen LogP) is 3.88. The maximum atomic E-state index is 6.22. The number of hydrogen-bond acceptors (Lipinski definition) is 1. The van der Waals surface area contributed by atoms with Crippen LogP contribution in [0.5, 0.6) is 0 Å². The summed E-state index contributed by atoms with van der Waals surface area (Å²) in [5.74, 6) is 0. The van der Waals surface area contributed by atoms with Crippen LogP contribution in [0.15, 0.2) is 29.8 Å². The lowest BCUT2D eigenvalue weighted by molar-refractivity contribution is 0.710. The van der Waals surface area contributed by atoms with Crippen molar-refractivity contribution in [1.29, 1.82) is 0 Å². The molecule has 0 radical (unpaired) electrons. The highest BCUT2D eigenvalue weighted by atomic mass is 35.5. The first kappa shape index (κ1) is 12.3. The number of benzene rings is 1. The fourth-order valence-electron chi connectivity index (χ4n) is 1.55. The molecule has 0 aliphatic heterocycles. The molecule has 1 unspecified atom stereocenters. The Morgan fingerprint density at radius 3 is 2.53 bits per heavy atom. The Balaban J connectivity index is 3.07. The van der Waals surface area contributed by atoms with Crippen LogP contribution in [0.4, 0.5) is 0 Å². The van der Waals surface area contributed by atoms with Crippen molar-refractivity contribution in [2.75, 3.05) is 7.05 Å². The molecule has 0 spiro atoms. The first-order chi connectivity index (χ1) is 7.04. The molecule has 0 aromatic heterocycles. The van der Waals surface area contributed by atoms with Crippen molar-refractivity contribution in [2.24, 2.45) is 0 Å². The van der Waals surface area contributed by atoms with Gasteiger partial charge in [0.2, 0.25) is 0 Å². The van der Waals surface area contributed by atoms with Crippen LogP contribution in [0.1, 0.15) is 31.0 Å². The SMILES string of the molecule is CNC(C=C(C)C)c1ccc(C)cc1Cl. The van der Waals surface area contributed by atoms with E-state index >= 15 is 0 Å². The minimum absolute atomic E-state index is 0.197. The fraction of sp³-hybridized carbons (Fsp3) is 0.385. The molecule has 2 heteroatoms. The number of nitrogens with one attached hydrogen (secondary N) is 1. The van der Waals surface area contributed by atoms with E-state index in [9.17, 15) is 0 Å². The lowest BCUT2D eigenvalue weighted by atomic mass is 10.0. The molecule has 0 bridgehead atoms. The maximum absolute atomic E-state index is 6.22. The first-order valence-corrected chi connectivity index (χ1v) is 5.50. The van der Waals surface area contributed by atoms with Gasteiger partial charge in [0, 0.05) is 5.02 Å². The monoisotopic (exact) mass is 223 g/mol. The summed E-state index contributed by atoms with van der Waals surface area (Å²) in [6.07, 6.45) is 2.18. The first-order valence-electron chi connectivity index (χ1n) is 5.13. The standard InChI is InChI=1S/C13H18ClN/c1-9(2)7-13(15-4)11-6-5-10(3)8-12(11)14/h5-8,13,15H,1-4H3. The second kappa shape index (κ2) is 5.34. The topological polar surface area (TPSA) is 12.0 Å². The van der Waals surface area contributed by atoms with Gasteiger partial charge in [0.05, 0.1) is 6.04 Å². The van der Waals surface area contributed by atoms with E-state index in [0.29, 0.717) is 0 Å². The largest absolute Gasteiger partial charge is 0.310 e. The molecule has 1 nitrogen and oxygen atoms in total. The summed E-state index contributed by atoms with van der Waals surface area (Å²) in [5, 5.41) is 4.07. The van der Waals surface area contributed by atoms with Crippen molar-refractivity contribution in [2.45, 2.75) is 26.8 Å². The second-order valence-corrected chi connectivity index (χ2v) is 4.44. The van der Waals surface area contributed by atoms with Crippen LogP contribution in [-0.4, -0.2) is 7.05 Å². The molecule has 15 heavy (non-hydrogen) atoms. The van der Waals surface area contributed by atoms with Gasteiger partial charge in [0.15, 0.2) is 0 Å². The fourth-order valence-corrected chi connectivity index (χ4v) is 1.90. The Morgan fingerprint density at radius 1 is 1.40 bits per heavy atom. The number of allylic oxidation sites excluding steroid dienone is 1. The molecule has 0 fully saturated rings. The van der Waals surface area contributed by atoms with Gasteiger partial charge >= 0.3 is 0 Å². The van der Waals surface area contributed by atoms with Gasteiger partial charge in [-0.3, -0.25) is 0 Å². The molecule has 1 aromatic rings. The number of likely N-dealkylation sites (N-methyl/N-ethyl adjacent to an activating group) is 1. The van der Waals surface area contributed by atoms with Gasteiger partial charge in [-0.25, -0.2) is 0 Å². The van der Waals surface area contributed by atoms with Crippen LogP contribution in [0, 0.1) is 6.92 Å². The number of rotatable bonds is 3. The van der Waals surface area contributed by atoms with Crippen molar-refractivity contribution >= 4 is 11.6 Å². The van der Waals surface area contributed by atoms with E-state index in [4.69, 9.17) is 11.6 Å². The smallest absolute Gasteiger partial charge is 0.0521 e. The third-order valence-electron chi connectivity index (χ3n) is 2.30. The molecule has 82 valence electrons. The third-order valence-corrected chi connectivity index (χ3v) is 2.63. The Kier molecular flexibility index (Phi) is 4.37. The minimum atomic E-state index is 0.197. The predicted molar refractivity (Wildman–Crippen MR) is 67.4 cm³/mol. The maximum Gasteiger partial charge on any atom is 0.0521 e. The Bertz CT molecular complexity index is 365. The summed E-state index contributed by atoms with van der Waals surface area (Å²) < 4.78 is 0. The molecule has 0 saturated heterocycles. The van der Waals surface area contributed by atoms with Crippen LogP contribution in [-0.2, 0) is 0 Å². The molecule has 0 amide bonds. The molecule has 0 aliphatic carbocycles. The Labute approximate surface area is 97.1 Å². The highest BCUT2D eigenvalue weighted by Gasteiger charge is 2.09. The van der Waals surface area contributed by atoms with E-state index in [-0.39, 0.29) is 6.04 Å². The van der Waals surface area contributed by atoms with Crippen molar-refractivity contribution in [3.8, 4) is 0 Å². The van der Waals surface area contributed by atoms with E-state index in [1.807, 2.05) is 20.0 Å². The van der Waals surface area contributed by atoms with Crippen LogP contribution in [0.25, 0.3) is 0 Å². The summed E-state index contributed by atoms with van der Waals surface area (Å²) in [7, 11) is 1.94. The van der Waals surface area contributed by atoms with E-state index in [0.717, 1.165) is 10.6 Å². The summed E-state index contributed by atoms with van der Waals surface area (Å²) in [6, 6.07) is 6.37. The third kappa shape index (κ3) is 3.37. The molecular formula is C13H18ClN. The van der Waals surface area contributed by atoms with Gasteiger partial charge in [-0.15, -0.1) is 0 Å². The van der Waals surface area contributed by atoms with Crippen LogP contribution in [0.2, 0.25) is 5.02 Å². The molecule has 1 aromatic carbocycles. The second-order valence-electron chi connectivity index (χ2n) is 4.04. The zero-order valence-electron chi connectivity index (χ0n) is 9.76. The Hall–Kier alpha value is -0.790. The number of hydrogen-bond donors (Lipinski definition) is 1. The summed E-state index contributed by atoms with van der Waals surface area (Å²) >= 11 is 6.22. The normalized spacial score (nSPS) is 12.3. The van der Waals surface area contributed by atoms with E-state index < -0.39 is 0 Å². The van der Waals surface area contributed by atoms with E-state index in [1.165, 1.54) is 11.1 Å². The lowest BCUT2D eigenvalue weighted by Crippen LogP contribution is -2.14. The van der Waals surface area contributed by atoms with Crippen molar-refractivity contribution in [3.63, 3.8) is 0 Å². The number of halogens is 1. The van der Waals surface area contributed by atoms with Gasteiger partial charge < -0.3 is 5.32 Å². The van der Waals surface area contributed by atoms with Gasteiger partial charge in [-0.05, 0) is 45.0 Å². The molecule has 0 aliphatic rings. The van der Waals surface area contributed by atoms with Crippen LogP contribution < -0.4 is 5.32 Å². The van der Waals surface area contributed by atoms with Crippen molar-refractivity contribution < 1.29 is 0 Å². The molecule has 1 N–H and O–H groups in total. The molecule has 0 heterocycles. The average molecular weight is 224 g/mol. The van der Waals surface area contributed by atoms with Crippen molar-refractivity contribution in [1.82, 2.24) is 5.32 Å². The van der Waals surface area contributed by atoms with Crippen LogP contribution >= 0.6 is 11.6 Å². The van der Waals surface area contributed by atoms with E-state index in [1.54, 1.807) is 0 Å². The van der Waals surface area contributed by atoms with Gasteiger partial charge in [0.25, 0.3) is 0 Å². The molecule has 1 atom stereocenters. The number of aryl methyl sites for hydroxylation is 1.